The molecule has 0 bridgehead atoms. The van der Waals surface area contributed by atoms with Gasteiger partial charge in [-0.25, -0.2) is 4.79 Å². The lowest BCUT2D eigenvalue weighted by Crippen LogP contribution is -2.13. The summed E-state index contributed by atoms with van der Waals surface area (Å²) in [5.74, 6) is 0.829. The maximum atomic E-state index is 12.5. The zero-order chi connectivity index (χ0) is 19.8. The summed E-state index contributed by atoms with van der Waals surface area (Å²) in [6, 6.07) is 11.6. The normalized spacial score (nSPS) is 10.4. The van der Waals surface area contributed by atoms with Crippen molar-refractivity contribution >= 4 is 17.6 Å². The molecule has 0 aromatic heterocycles. The number of methoxy groups -OCH3 is 1. The molecular formula is C21H25NO5. The Hall–Kier alpha value is -3.02. The average molecular weight is 371 g/mol. The van der Waals surface area contributed by atoms with E-state index in [1.165, 1.54) is 7.11 Å². The third-order valence-electron chi connectivity index (χ3n) is 3.64. The van der Waals surface area contributed by atoms with Crippen LogP contribution in [0.15, 0.2) is 42.5 Å². The van der Waals surface area contributed by atoms with Crippen molar-refractivity contribution in [3.8, 4) is 11.5 Å². The topological polar surface area (TPSA) is 73.9 Å². The Balaban J connectivity index is 2.13. The summed E-state index contributed by atoms with van der Waals surface area (Å²) in [5.41, 5.74) is 1.44. The average Bonchev–Trinajstić information content (AvgIpc) is 2.67. The molecule has 1 N–H and O–H groups in total. The highest BCUT2D eigenvalue weighted by Gasteiger charge is 2.13. The van der Waals surface area contributed by atoms with Gasteiger partial charge in [0.25, 0.3) is 5.91 Å². The number of hydrogen-bond acceptors (Lipinski definition) is 5. The van der Waals surface area contributed by atoms with Crippen LogP contribution in [0.5, 0.6) is 11.5 Å². The highest BCUT2D eigenvalue weighted by Crippen LogP contribution is 2.29. The molecule has 0 radical (unpaired) electrons. The largest absolute Gasteiger partial charge is 0.490 e. The molecule has 6 heteroatoms. The minimum atomic E-state index is -0.425. The lowest BCUT2D eigenvalue weighted by molar-refractivity contribution is 0.0600. The maximum Gasteiger partial charge on any atom is 0.337 e. The second-order valence-electron chi connectivity index (χ2n) is 6.32. The summed E-state index contributed by atoms with van der Waals surface area (Å²) in [4.78, 5) is 24.0. The second kappa shape index (κ2) is 9.62. The first-order chi connectivity index (χ1) is 12.9. The van der Waals surface area contributed by atoms with Crippen molar-refractivity contribution in [1.29, 1.82) is 0 Å². The Morgan fingerprint density at radius 3 is 2.22 bits per heavy atom. The van der Waals surface area contributed by atoms with Gasteiger partial charge in [-0.2, -0.15) is 0 Å². The summed E-state index contributed by atoms with van der Waals surface area (Å²) in [7, 11) is 1.32. The van der Waals surface area contributed by atoms with Crippen LogP contribution in [0.4, 0.5) is 5.69 Å². The molecular weight excluding hydrogens is 346 g/mol. The lowest BCUT2D eigenvalue weighted by Gasteiger charge is -2.14. The van der Waals surface area contributed by atoms with E-state index in [1.54, 1.807) is 42.5 Å². The van der Waals surface area contributed by atoms with Crippen LogP contribution in [0.2, 0.25) is 0 Å². The standard InChI is InChI=1S/C21H25NO5/c1-5-26-19-12-16(8-11-18(19)27-13-14(2)3)20(23)22-17-9-6-15(7-10-17)21(24)25-4/h6-12,14H,5,13H2,1-4H3,(H,22,23). The molecule has 0 unspecified atom stereocenters. The molecule has 0 atom stereocenters. The van der Waals surface area contributed by atoms with E-state index in [1.807, 2.05) is 6.92 Å². The molecule has 0 saturated carbocycles. The minimum absolute atomic E-state index is 0.280. The Morgan fingerprint density at radius 1 is 0.963 bits per heavy atom. The van der Waals surface area contributed by atoms with Crippen molar-refractivity contribution in [2.75, 3.05) is 25.6 Å². The van der Waals surface area contributed by atoms with Gasteiger partial charge < -0.3 is 19.5 Å². The van der Waals surface area contributed by atoms with Gasteiger partial charge in [-0.1, -0.05) is 13.8 Å². The van der Waals surface area contributed by atoms with Crippen molar-refractivity contribution in [2.45, 2.75) is 20.8 Å². The second-order valence-corrected chi connectivity index (χ2v) is 6.32. The van der Waals surface area contributed by atoms with Gasteiger partial charge in [-0.05, 0) is 55.3 Å². The van der Waals surface area contributed by atoms with Crippen LogP contribution in [0.1, 0.15) is 41.5 Å². The number of carbonyl (C=O) groups is 2. The predicted molar refractivity (Wildman–Crippen MR) is 104 cm³/mol. The Kier molecular flexibility index (Phi) is 7.23. The molecule has 0 aliphatic heterocycles. The summed E-state index contributed by atoms with van der Waals surface area (Å²) in [5, 5.41) is 2.79. The van der Waals surface area contributed by atoms with E-state index in [4.69, 9.17) is 9.47 Å². The molecule has 6 nitrogen and oxygen atoms in total. The number of nitrogens with one attached hydrogen (secondary N) is 1. The summed E-state index contributed by atoms with van der Waals surface area (Å²) < 4.78 is 16.0. The van der Waals surface area contributed by atoms with E-state index in [0.717, 1.165) is 0 Å². The monoisotopic (exact) mass is 371 g/mol. The van der Waals surface area contributed by atoms with Gasteiger partial charge >= 0.3 is 5.97 Å². The zero-order valence-electron chi connectivity index (χ0n) is 16.1. The van der Waals surface area contributed by atoms with E-state index < -0.39 is 5.97 Å². The molecule has 0 aliphatic carbocycles. The number of benzene rings is 2. The van der Waals surface area contributed by atoms with Crippen LogP contribution in [0, 0.1) is 5.92 Å². The molecule has 2 aromatic carbocycles. The maximum absolute atomic E-state index is 12.5. The smallest absolute Gasteiger partial charge is 0.337 e. The van der Waals surface area contributed by atoms with E-state index >= 15 is 0 Å². The fourth-order valence-corrected chi connectivity index (χ4v) is 2.30. The molecule has 1 amide bonds. The van der Waals surface area contributed by atoms with Gasteiger partial charge in [-0.15, -0.1) is 0 Å². The van der Waals surface area contributed by atoms with Gasteiger partial charge in [-0.3, -0.25) is 4.79 Å². The fraction of sp³-hybridized carbons (Fsp3) is 0.333. The van der Waals surface area contributed by atoms with Gasteiger partial charge in [0.2, 0.25) is 0 Å². The molecule has 0 heterocycles. The zero-order valence-corrected chi connectivity index (χ0v) is 16.1. The van der Waals surface area contributed by atoms with E-state index in [0.29, 0.717) is 47.4 Å². The first-order valence-electron chi connectivity index (χ1n) is 8.84. The van der Waals surface area contributed by atoms with E-state index in [9.17, 15) is 9.59 Å². The SMILES string of the molecule is CCOc1cc(C(=O)Nc2ccc(C(=O)OC)cc2)ccc1OCC(C)C. The number of hydrogen-bond donors (Lipinski definition) is 1. The summed E-state index contributed by atoms with van der Waals surface area (Å²) >= 11 is 0. The van der Waals surface area contributed by atoms with Gasteiger partial charge in [0.15, 0.2) is 11.5 Å². The van der Waals surface area contributed by atoms with E-state index in [2.05, 4.69) is 23.9 Å². The lowest BCUT2D eigenvalue weighted by atomic mass is 10.1. The molecule has 144 valence electrons. The molecule has 27 heavy (non-hydrogen) atoms. The first kappa shape index (κ1) is 20.3. The highest BCUT2D eigenvalue weighted by molar-refractivity contribution is 6.04. The quantitative estimate of drug-likeness (QED) is 0.706. The van der Waals surface area contributed by atoms with Crippen molar-refractivity contribution in [2.24, 2.45) is 5.92 Å². The van der Waals surface area contributed by atoms with Crippen LogP contribution in [0.3, 0.4) is 0 Å². The van der Waals surface area contributed by atoms with Crippen molar-refractivity contribution < 1.29 is 23.8 Å². The van der Waals surface area contributed by atoms with Gasteiger partial charge in [0, 0.05) is 11.3 Å². The van der Waals surface area contributed by atoms with Crippen LogP contribution >= 0.6 is 0 Å². The van der Waals surface area contributed by atoms with Gasteiger partial charge in [0.05, 0.1) is 25.9 Å². The first-order valence-corrected chi connectivity index (χ1v) is 8.84. The number of esters is 1. The predicted octanol–water partition coefficient (Wildman–Crippen LogP) is 4.16. The molecule has 2 aromatic rings. The van der Waals surface area contributed by atoms with Crippen molar-refractivity contribution in [3.05, 3.63) is 53.6 Å². The van der Waals surface area contributed by atoms with Crippen LogP contribution in [0.25, 0.3) is 0 Å². The molecule has 2 rings (SSSR count). The Bertz CT molecular complexity index is 784. The van der Waals surface area contributed by atoms with Crippen LogP contribution in [-0.4, -0.2) is 32.2 Å². The Morgan fingerprint density at radius 2 is 1.63 bits per heavy atom. The number of anilines is 1. The molecule has 0 saturated heterocycles. The fourth-order valence-electron chi connectivity index (χ4n) is 2.30. The highest BCUT2D eigenvalue weighted by atomic mass is 16.5. The summed E-state index contributed by atoms with van der Waals surface area (Å²) in [6.07, 6.45) is 0. The van der Waals surface area contributed by atoms with Crippen molar-refractivity contribution in [3.63, 3.8) is 0 Å². The molecule has 0 spiro atoms. The Labute approximate surface area is 159 Å². The third-order valence-corrected chi connectivity index (χ3v) is 3.64. The summed E-state index contributed by atoms with van der Waals surface area (Å²) in [6.45, 7) is 7.04. The van der Waals surface area contributed by atoms with E-state index in [-0.39, 0.29) is 5.91 Å². The number of carbonyl (C=O) groups excluding carboxylic acids is 2. The third kappa shape index (κ3) is 5.74. The molecule has 0 aliphatic rings. The minimum Gasteiger partial charge on any atom is -0.490 e. The van der Waals surface area contributed by atoms with Crippen LogP contribution < -0.4 is 14.8 Å². The number of amides is 1. The van der Waals surface area contributed by atoms with Crippen molar-refractivity contribution in [1.82, 2.24) is 0 Å². The van der Waals surface area contributed by atoms with Gasteiger partial charge in [0.1, 0.15) is 0 Å². The number of rotatable bonds is 8. The molecule has 0 fully saturated rings. The van der Waals surface area contributed by atoms with Crippen LogP contribution in [-0.2, 0) is 4.74 Å². The number of ether oxygens (including phenoxy) is 3.